The van der Waals surface area contributed by atoms with Gasteiger partial charge >= 0.3 is 0 Å². The van der Waals surface area contributed by atoms with E-state index in [0.29, 0.717) is 0 Å². The Hall–Kier alpha value is -1.87. The summed E-state index contributed by atoms with van der Waals surface area (Å²) >= 11 is 0. The smallest absolute Gasteiger partial charge is 0.119 e. The quantitative estimate of drug-likeness (QED) is 0.862. The standard InChI is InChI=1S/C16H20N2O/c1-13(16-8-3-4-10-18-16)17-11-9-14-6-5-7-15(12-14)19-2/h3-8,10,12-13,17H,9,11H2,1-2H3. The minimum Gasteiger partial charge on any atom is -0.497 e. The Kier molecular flexibility index (Phi) is 4.93. The number of methoxy groups -OCH3 is 1. The molecule has 1 N–H and O–H groups in total. The predicted octanol–water partition coefficient (Wildman–Crippen LogP) is 2.98. The molecule has 0 aliphatic carbocycles. The molecule has 2 rings (SSSR count). The second kappa shape index (κ2) is 6.90. The summed E-state index contributed by atoms with van der Waals surface area (Å²) in [6, 6.07) is 14.5. The summed E-state index contributed by atoms with van der Waals surface area (Å²) < 4.78 is 5.22. The van der Waals surface area contributed by atoms with E-state index >= 15 is 0 Å². The normalized spacial score (nSPS) is 12.1. The van der Waals surface area contributed by atoms with E-state index in [9.17, 15) is 0 Å². The van der Waals surface area contributed by atoms with Gasteiger partial charge in [-0.25, -0.2) is 0 Å². The molecule has 0 radical (unpaired) electrons. The summed E-state index contributed by atoms with van der Waals surface area (Å²) in [5, 5.41) is 3.48. The third-order valence-corrected chi connectivity index (χ3v) is 3.13. The first kappa shape index (κ1) is 13.6. The van der Waals surface area contributed by atoms with Crippen LogP contribution in [0, 0.1) is 0 Å². The highest BCUT2D eigenvalue weighted by Crippen LogP contribution is 2.13. The summed E-state index contributed by atoms with van der Waals surface area (Å²) in [6.07, 6.45) is 2.81. The Morgan fingerprint density at radius 3 is 2.84 bits per heavy atom. The van der Waals surface area contributed by atoms with Crippen LogP contribution in [0.1, 0.15) is 24.2 Å². The second-order valence-corrected chi connectivity index (χ2v) is 4.53. The van der Waals surface area contributed by atoms with Crippen LogP contribution in [0.3, 0.4) is 0 Å². The van der Waals surface area contributed by atoms with Crippen molar-refractivity contribution in [1.29, 1.82) is 0 Å². The van der Waals surface area contributed by atoms with Crippen LogP contribution in [-0.4, -0.2) is 18.6 Å². The first-order chi connectivity index (χ1) is 9.29. The Morgan fingerprint density at radius 2 is 2.11 bits per heavy atom. The molecular formula is C16H20N2O. The van der Waals surface area contributed by atoms with Crippen molar-refractivity contribution < 1.29 is 4.74 Å². The van der Waals surface area contributed by atoms with Crippen LogP contribution in [0.5, 0.6) is 5.75 Å². The molecule has 19 heavy (non-hydrogen) atoms. The maximum atomic E-state index is 5.22. The topological polar surface area (TPSA) is 34.1 Å². The molecular weight excluding hydrogens is 236 g/mol. The van der Waals surface area contributed by atoms with Gasteiger partial charge in [-0.3, -0.25) is 4.98 Å². The van der Waals surface area contributed by atoms with Gasteiger partial charge < -0.3 is 10.1 Å². The summed E-state index contributed by atoms with van der Waals surface area (Å²) in [5.41, 5.74) is 2.35. The number of pyridine rings is 1. The van der Waals surface area contributed by atoms with Gasteiger partial charge in [-0.2, -0.15) is 0 Å². The highest BCUT2D eigenvalue weighted by atomic mass is 16.5. The van der Waals surface area contributed by atoms with E-state index in [1.165, 1.54) is 5.56 Å². The zero-order chi connectivity index (χ0) is 13.5. The third kappa shape index (κ3) is 4.07. The van der Waals surface area contributed by atoms with Crippen LogP contribution >= 0.6 is 0 Å². The minimum absolute atomic E-state index is 0.270. The highest BCUT2D eigenvalue weighted by Gasteiger charge is 2.04. The molecule has 3 nitrogen and oxygen atoms in total. The Morgan fingerprint density at radius 1 is 1.21 bits per heavy atom. The fourth-order valence-electron chi connectivity index (χ4n) is 2.00. The fourth-order valence-corrected chi connectivity index (χ4v) is 2.00. The van der Waals surface area contributed by atoms with E-state index in [2.05, 4.69) is 29.4 Å². The average molecular weight is 256 g/mol. The molecule has 0 bridgehead atoms. The molecule has 0 saturated heterocycles. The molecule has 0 aliphatic rings. The van der Waals surface area contributed by atoms with Crippen molar-refractivity contribution in [2.75, 3.05) is 13.7 Å². The van der Waals surface area contributed by atoms with Crippen molar-refractivity contribution in [3.8, 4) is 5.75 Å². The van der Waals surface area contributed by atoms with Gasteiger partial charge in [0.1, 0.15) is 5.75 Å². The van der Waals surface area contributed by atoms with Gasteiger partial charge in [0.15, 0.2) is 0 Å². The van der Waals surface area contributed by atoms with Gasteiger partial charge in [-0.15, -0.1) is 0 Å². The molecule has 2 aromatic rings. The lowest BCUT2D eigenvalue weighted by Gasteiger charge is -2.13. The molecule has 1 atom stereocenters. The number of nitrogens with zero attached hydrogens (tertiary/aromatic N) is 1. The summed E-state index contributed by atoms with van der Waals surface area (Å²) in [7, 11) is 1.69. The van der Waals surface area contributed by atoms with Gasteiger partial charge in [0.05, 0.1) is 12.8 Å². The van der Waals surface area contributed by atoms with E-state index in [0.717, 1.165) is 24.4 Å². The van der Waals surface area contributed by atoms with Gasteiger partial charge in [0.2, 0.25) is 0 Å². The molecule has 1 aromatic heterocycles. The van der Waals surface area contributed by atoms with Crippen LogP contribution in [0.4, 0.5) is 0 Å². The van der Waals surface area contributed by atoms with Crippen molar-refractivity contribution in [1.82, 2.24) is 10.3 Å². The number of benzene rings is 1. The van der Waals surface area contributed by atoms with E-state index in [4.69, 9.17) is 4.74 Å². The Labute approximate surface area is 114 Å². The van der Waals surface area contributed by atoms with Gasteiger partial charge in [-0.1, -0.05) is 18.2 Å². The lowest BCUT2D eigenvalue weighted by molar-refractivity contribution is 0.414. The SMILES string of the molecule is COc1cccc(CCNC(C)c2ccccn2)c1. The van der Waals surface area contributed by atoms with Crippen molar-refractivity contribution >= 4 is 0 Å². The van der Waals surface area contributed by atoms with Crippen molar-refractivity contribution in [2.45, 2.75) is 19.4 Å². The van der Waals surface area contributed by atoms with Gasteiger partial charge in [0.25, 0.3) is 0 Å². The number of aromatic nitrogens is 1. The zero-order valence-corrected chi connectivity index (χ0v) is 11.5. The molecule has 100 valence electrons. The Balaban J connectivity index is 1.83. The van der Waals surface area contributed by atoms with Crippen LogP contribution in [0.15, 0.2) is 48.7 Å². The Bertz CT molecular complexity index is 499. The molecule has 1 heterocycles. The molecule has 0 aliphatic heterocycles. The second-order valence-electron chi connectivity index (χ2n) is 4.53. The first-order valence-corrected chi connectivity index (χ1v) is 6.57. The number of ether oxygens (including phenoxy) is 1. The van der Waals surface area contributed by atoms with Crippen molar-refractivity contribution in [2.24, 2.45) is 0 Å². The zero-order valence-electron chi connectivity index (χ0n) is 11.5. The van der Waals surface area contributed by atoms with Crippen molar-refractivity contribution in [3.05, 3.63) is 59.9 Å². The van der Waals surface area contributed by atoms with E-state index in [1.54, 1.807) is 7.11 Å². The average Bonchev–Trinajstić information content (AvgIpc) is 2.48. The number of hydrogen-bond donors (Lipinski definition) is 1. The largest absolute Gasteiger partial charge is 0.497 e. The molecule has 3 heteroatoms. The maximum Gasteiger partial charge on any atom is 0.119 e. The van der Waals surface area contributed by atoms with Crippen LogP contribution < -0.4 is 10.1 Å². The summed E-state index contributed by atoms with van der Waals surface area (Å²) in [4.78, 5) is 4.35. The van der Waals surface area contributed by atoms with Crippen LogP contribution in [-0.2, 0) is 6.42 Å². The number of hydrogen-bond acceptors (Lipinski definition) is 3. The monoisotopic (exact) mass is 256 g/mol. The van der Waals surface area contributed by atoms with E-state index in [-0.39, 0.29) is 6.04 Å². The molecule has 0 amide bonds. The molecule has 1 unspecified atom stereocenters. The molecule has 1 aromatic carbocycles. The minimum atomic E-state index is 0.270. The lowest BCUT2D eigenvalue weighted by Crippen LogP contribution is -2.22. The summed E-state index contributed by atoms with van der Waals surface area (Å²) in [6.45, 7) is 3.05. The predicted molar refractivity (Wildman–Crippen MR) is 77.4 cm³/mol. The number of nitrogens with one attached hydrogen (secondary N) is 1. The van der Waals surface area contributed by atoms with Crippen LogP contribution in [0.2, 0.25) is 0 Å². The van der Waals surface area contributed by atoms with Crippen LogP contribution in [0.25, 0.3) is 0 Å². The van der Waals surface area contributed by atoms with Gasteiger partial charge in [-0.05, 0) is 49.7 Å². The van der Waals surface area contributed by atoms with E-state index < -0.39 is 0 Å². The first-order valence-electron chi connectivity index (χ1n) is 6.57. The highest BCUT2D eigenvalue weighted by molar-refractivity contribution is 5.28. The molecule has 0 saturated carbocycles. The fraction of sp³-hybridized carbons (Fsp3) is 0.312. The van der Waals surface area contributed by atoms with E-state index in [1.807, 2.05) is 36.5 Å². The molecule has 0 spiro atoms. The summed E-state index contributed by atoms with van der Waals surface area (Å²) in [5.74, 6) is 0.912. The maximum absolute atomic E-state index is 5.22. The van der Waals surface area contributed by atoms with Gasteiger partial charge in [0, 0.05) is 12.2 Å². The van der Waals surface area contributed by atoms with Crippen molar-refractivity contribution in [3.63, 3.8) is 0 Å². The molecule has 0 fully saturated rings. The lowest BCUT2D eigenvalue weighted by atomic mass is 10.1. The third-order valence-electron chi connectivity index (χ3n) is 3.13. The number of rotatable bonds is 6.